The molecule has 0 saturated carbocycles. The highest BCUT2D eigenvalue weighted by Gasteiger charge is 2.44. The molecule has 1 N–H and O–H groups in total. The summed E-state index contributed by atoms with van der Waals surface area (Å²) in [4.78, 5) is 25.4. The van der Waals surface area contributed by atoms with Gasteiger partial charge < -0.3 is 19.7 Å². The van der Waals surface area contributed by atoms with Crippen molar-refractivity contribution in [1.29, 1.82) is 0 Å². The maximum atomic E-state index is 13.7. The molecule has 1 saturated heterocycles. The zero-order valence-corrected chi connectivity index (χ0v) is 12.2. The van der Waals surface area contributed by atoms with E-state index in [9.17, 15) is 14.0 Å². The highest BCUT2D eigenvalue weighted by Crippen LogP contribution is 2.34. The zero-order chi connectivity index (χ0) is 15.7. The molecule has 1 aromatic carbocycles. The van der Waals surface area contributed by atoms with Gasteiger partial charge in [0.1, 0.15) is 17.1 Å². The molecule has 1 fully saturated rings. The van der Waals surface area contributed by atoms with Gasteiger partial charge >= 0.3 is 6.09 Å². The summed E-state index contributed by atoms with van der Waals surface area (Å²) >= 11 is 0. The number of hydrogen-bond donors (Lipinski definition) is 1. The molecule has 2 amide bonds. The molecule has 0 radical (unpaired) electrons. The van der Waals surface area contributed by atoms with E-state index in [2.05, 4.69) is 5.32 Å². The molecular weight excluding hydrogens is 291 g/mol. The van der Waals surface area contributed by atoms with E-state index in [4.69, 9.17) is 9.47 Å². The molecule has 0 bridgehead atoms. The van der Waals surface area contributed by atoms with Crippen LogP contribution in [0.4, 0.5) is 9.18 Å². The summed E-state index contributed by atoms with van der Waals surface area (Å²) in [5, 5.41) is 2.74. The Morgan fingerprint density at radius 1 is 1.45 bits per heavy atom. The standard InChI is InChI=1S/C15H17FN2O4/c1-2-21-14(20)18-8-6-15(7-9-18)17-13(19)12-10(16)4-3-5-11(12)22-15/h3-5H,2,6-9H2,1H3,(H,17,19). The van der Waals surface area contributed by atoms with E-state index in [0.717, 1.165) is 0 Å². The van der Waals surface area contributed by atoms with Gasteiger partial charge in [0.15, 0.2) is 5.72 Å². The number of carbonyl (C=O) groups is 2. The van der Waals surface area contributed by atoms with Crippen molar-refractivity contribution in [3.63, 3.8) is 0 Å². The normalized spacial score (nSPS) is 19.2. The summed E-state index contributed by atoms with van der Waals surface area (Å²) < 4.78 is 24.5. The maximum Gasteiger partial charge on any atom is 0.409 e. The number of nitrogens with zero attached hydrogens (tertiary/aromatic N) is 1. The monoisotopic (exact) mass is 308 g/mol. The van der Waals surface area contributed by atoms with E-state index in [-0.39, 0.29) is 17.4 Å². The second-order valence-corrected chi connectivity index (χ2v) is 5.35. The quantitative estimate of drug-likeness (QED) is 0.860. The molecule has 118 valence electrons. The Morgan fingerprint density at radius 2 is 2.18 bits per heavy atom. The third-order valence-electron chi connectivity index (χ3n) is 3.95. The minimum absolute atomic E-state index is 0.0686. The number of piperidine rings is 1. The molecule has 22 heavy (non-hydrogen) atoms. The highest BCUT2D eigenvalue weighted by molar-refractivity contribution is 5.98. The minimum atomic E-state index is -0.888. The number of carbonyl (C=O) groups excluding carboxylic acids is 2. The summed E-state index contributed by atoms with van der Waals surface area (Å²) in [5.41, 5.74) is -0.957. The first-order valence-electron chi connectivity index (χ1n) is 7.26. The Bertz CT molecular complexity index is 612. The molecule has 2 heterocycles. The van der Waals surface area contributed by atoms with E-state index in [1.165, 1.54) is 12.1 Å². The Kier molecular flexibility index (Phi) is 3.64. The maximum absolute atomic E-state index is 13.7. The van der Waals surface area contributed by atoms with Crippen LogP contribution in [0.3, 0.4) is 0 Å². The van der Waals surface area contributed by atoms with E-state index < -0.39 is 17.4 Å². The van der Waals surface area contributed by atoms with Crippen molar-refractivity contribution in [1.82, 2.24) is 10.2 Å². The number of halogens is 1. The first-order chi connectivity index (χ1) is 10.5. The summed E-state index contributed by atoms with van der Waals surface area (Å²) in [5.74, 6) is -0.842. The van der Waals surface area contributed by atoms with Gasteiger partial charge in [-0.15, -0.1) is 0 Å². The highest BCUT2D eigenvalue weighted by atomic mass is 19.1. The fourth-order valence-corrected chi connectivity index (χ4v) is 2.81. The number of nitrogens with one attached hydrogen (secondary N) is 1. The summed E-state index contributed by atoms with van der Waals surface area (Å²) in [6.45, 7) is 2.88. The number of likely N-dealkylation sites (tertiary alicyclic amines) is 1. The predicted octanol–water partition coefficient (Wildman–Crippen LogP) is 1.90. The Balaban J connectivity index is 1.75. The van der Waals surface area contributed by atoms with Gasteiger partial charge in [-0.25, -0.2) is 9.18 Å². The Hall–Kier alpha value is -2.31. The van der Waals surface area contributed by atoms with Crippen molar-refractivity contribution in [2.45, 2.75) is 25.5 Å². The van der Waals surface area contributed by atoms with Crippen LogP contribution >= 0.6 is 0 Å². The molecule has 7 heteroatoms. The Labute approximate surface area is 127 Å². The van der Waals surface area contributed by atoms with Crippen molar-refractivity contribution in [2.24, 2.45) is 0 Å². The molecule has 0 atom stereocenters. The van der Waals surface area contributed by atoms with Gasteiger partial charge in [0, 0.05) is 25.9 Å². The molecule has 0 aromatic heterocycles. The molecule has 2 aliphatic heterocycles. The van der Waals surface area contributed by atoms with Crippen LogP contribution in [0.15, 0.2) is 18.2 Å². The van der Waals surface area contributed by atoms with Crippen molar-refractivity contribution in [3.05, 3.63) is 29.6 Å². The van der Waals surface area contributed by atoms with Crippen LogP contribution in [0.1, 0.15) is 30.1 Å². The van der Waals surface area contributed by atoms with Crippen LogP contribution in [-0.2, 0) is 4.74 Å². The number of ether oxygens (including phenoxy) is 2. The number of rotatable bonds is 1. The van der Waals surface area contributed by atoms with Crippen molar-refractivity contribution < 1.29 is 23.5 Å². The lowest BCUT2D eigenvalue weighted by molar-refractivity contribution is -0.0278. The fourth-order valence-electron chi connectivity index (χ4n) is 2.81. The summed E-state index contributed by atoms with van der Waals surface area (Å²) in [6.07, 6.45) is 0.479. The van der Waals surface area contributed by atoms with Crippen LogP contribution < -0.4 is 10.1 Å². The molecule has 2 aliphatic rings. The van der Waals surface area contributed by atoms with E-state index in [0.29, 0.717) is 32.5 Å². The van der Waals surface area contributed by atoms with Gasteiger partial charge in [0.05, 0.1) is 6.61 Å². The average molecular weight is 308 g/mol. The van der Waals surface area contributed by atoms with Crippen LogP contribution in [-0.4, -0.2) is 42.3 Å². The molecule has 1 spiro atoms. The number of amides is 2. The Morgan fingerprint density at radius 3 is 2.86 bits per heavy atom. The van der Waals surface area contributed by atoms with Crippen LogP contribution in [0.5, 0.6) is 5.75 Å². The van der Waals surface area contributed by atoms with Crippen LogP contribution in [0.2, 0.25) is 0 Å². The minimum Gasteiger partial charge on any atom is -0.467 e. The molecular formula is C15H17FN2O4. The number of benzene rings is 1. The van der Waals surface area contributed by atoms with Crippen LogP contribution in [0, 0.1) is 5.82 Å². The third-order valence-corrected chi connectivity index (χ3v) is 3.95. The topological polar surface area (TPSA) is 67.9 Å². The second-order valence-electron chi connectivity index (χ2n) is 5.35. The molecule has 1 aromatic rings. The first-order valence-corrected chi connectivity index (χ1v) is 7.26. The lowest BCUT2D eigenvalue weighted by atomic mass is 9.97. The molecule has 0 unspecified atom stereocenters. The van der Waals surface area contributed by atoms with Gasteiger partial charge in [-0.2, -0.15) is 0 Å². The fraction of sp³-hybridized carbons (Fsp3) is 0.467. The van der Waals surface area contributed by atoms with Crippen LogP contribution in [0.25, 0.3) is 0 Å². The lowest BCUT2D eigenvalue weighted by Gasteiger charge is -2.44. The summed E-state index contributed by atoms with van der Waals surface area (Å²) in [7, 11) is 0. The van der Waals surface area contributed by atoms with Crippen molar-refractivity contribution in [3.8, 4) is 5.75 Å². The summed E-state index contributed by atoms with van der Waals surface area (Å²) in [6, 6.07) is 4.31. The second kappa shape index (κ2) is 5.47. The van der Waals surface area contributed by atoms with Gasteiger partial charge in [-0.3, -0.25) is 4.79 Å². The zero-order valence-electron chi connectivity index (χ0n) is 12.2. The van der Waals surface area contributed by atoms with E-state index in [1.54, 1.807) is 17.9 Å². The van der Waals surface area contributed by atoms with Gasteiger partial charge in [0.25, 0.3) is 5.91 Å². The molecule has 0 aliphatic carbocycles. The molecule has 3 rings (SSSR count). The van der Waals surface area contributed by atoms with Gasteiger partial charge in [-0.1, -0.05) is 6.07 Å². The van der Waals surface area contributed by atoms with Crippen molar-refractivity contribution in [2.75, 3.05) is 19.7 Å². The van der Waals surface area contributed by atoms with Crippen molar-refractivity contribution >= 4 is 12.0 Å². The average Bonchev–Trinajstić information content (AvgIpc) is 2.47. The van der Waals surface area contributed by atoms with E-state index >= 15 is 0 Å². The molecule has 6 nitrogen and oxygen atoms in total. The largest absolute Gasteiger partial charge is 0.467 e. The predicted molar refractivity (Wildman–Crippen MR) is 75.1 cm³/mol. The van der Waals surface area contributed by atoms with Gasteiger partial charge in [-0.05, 0) is 19.1 Å². The number of fused-ring (bicyclic) bond motifs is 1. The lowest BCUT2D eigenvalue weighted by Crippen LogP contribution is -2.61. The van der Waals surface area contributed by atoms with E-state index in [1.807, 2.05) is 0 Å². The SMILES string of the molecule is CCOC(=O)N1CCC2(CC1)NC(=O)c1c(F)cccc1O2. The first kappa shape index (κ1) is 14.6. The van der Waals surface area contributed by atoms with Gasteiger partial charge in [0.2, 0.25) is 0 Å². The third kappa shape index (κ3) is 2.47. The smallest absolute Gasteiger partial charge is 0.409 e. The number of hydrogen-bond acceptors (Lipinski definition) is 4.